The Balaban J connectivity index is 0.00000159. The van der Waals surface area contributed by atoms with Crippen molar-refractivity contribution in [1.82, 2.24) is 19.1 Å². The zero-order valence-electron chi connectivity index (χ0n) is 27.1. The second-order valence-corrected chi connectivity index (χ2v) is 10.1. The molecule has 0 aromatic carbocycles. The van der Waals surface area contributed by atoms with Crippen molar-refractivity contribution >= 4 is 23.2 Å². The first-order chi connectivity index (χ1) is 21.1. The van der Waals surface area contributed by atoms with E-state index in [0.29, 0.717) is 11.3 Å². The predicted octanol–water partition coefficient (Wildman–Crippen LogP) is 6.32. The fourth-order valence-corrected chi connectivity index (χ4v) is 4.25. The molecule has 0 bridgehead atoms. The molecule has 0 unspecified atom stereocenters. The number of rotatable bonds is 6. The van der Waals surface area contributed by atoms with Gasteiger partial charge in [0.25, 0.3) is 11.1 Å². The zero-order valence-corrected chi connectivity index (χ0v) is 28.6. The van der Waals surface area contributed by atoms with Gasteiger partial charge in [-0.3, -0.25) is 18.7 Å². The third-order valence-corrected chi connectivity index (χ3v) is 6.38. The Labute approximate surface area is 272 Å². The van der Waals surface area contributed by atoms with Crippen molar-refractivity contribution < 1.29 is 24.4 Å². The topological polar surface area (TPSA) is 140 Å². The summed E-state index contributed by atoms with van der Waals surface area (Å²) in [5.74, 6) is -4.71. The largest absolute Gasteiger partial charge is 0.433 e. The van der Waals surface area contributed by atoms with Crippen LogP contribution in [0.3, 0.4) is 0 Å². The Bertz CT molecular complexity index is 1720. The van der Waals surface area contributed by atoms with E-state index in [-0.39, 0.29) is 22.1 Å². The molecule has 0 atom stereocenters. The SMILES string of the molecule is CC.CC.CC.Cc1cnc(-n2cccc(C(C)(C)O)c2=O)cc1-n1c(C)cc(OC(O)(O)c2ncc(Cl)cc2F)c(Cl)c1=O. The molecular formula is C32H41Cl2FN4O6. The second kappa shape index (κ2) is 16.6. The van der Waals surface area contributed by atoms with Gasteiger partial charge in [-0.15, -0.1) is 0 Å². The van der Waals surface area contributed by atoms with Gasteiger partial charge in [-0.25, -0.2) is 14.4 Å². The van der Waals surface area contributed by atoms with E-state index in [0.717, 1.165) is 12.3 Å². The molecule has 0 amide bonds. The molecule has 0 aliphatic heterocycles. The summed E-state index contributed by atoms with van der Waals surface area (Å²) in [7, 11) is 0. The average molecular weight is 668 g/mol. The van der Waals surface area contributed by atoms with E-state index in [2.05, 4.69) is 9.97 Å². The maximum Gasteiger partial charge on any atom is 0.372 e. The number of hydrogen-bond donors (Lipinski definition) is 3. The molecule has 10 nitrogen and oxygen atoms in total. The normalized spacial score (nSPS) is 10.8. The van der Waals surface area contributed by atoms with Gasteiger partial charge in [-0.05, 0) is 51.5 Å². The monoisotopic (exact) mass is 666 g/mol. The van der Waals surface area contributed by atoms with Crippen LogP contribution in [0.2, 0.25) is 10.0 Å². The number of hydrogen-bond acceptors (Lipinski definition) is 8. The molecule has 4 aromatic rings. The van der Waals surface area contributed by atoms with Crippen LogP contribution in [0.4, 0.5) is 4.39 Å². The van der Waals surface area contributed by atoms with Crippen molar-refractivity contribution in [3.63, 3.8) is 0 Å². The Morgan fingerprint density at radius 2 is 1.49 bits per heavy atom. The van der Waals surface area contributed by atoms with Gasteiger partial charge >= 0.3 is 5.97 Å². The number of aliphatic hydroxyl groups is 3. The van der Waals surface area contributed by atoms with E-state index in [1.807, 2.05) is 41.5 Å². The highest BCUT2D eigenvalue weighted by atomic mass is 35.5. The van der Waals surface area contributed by atoms with Crippen molar-refractivity contribution in [2.75, 3.05) is 0 Å². The number of ether oxygens (including phenoxy) is 1. The Hall–Kier alpha value is -3.61. The number of aromatic nitrogens is 4. The van der Waals surface area contributed by atoms with E-state index in [4.69, 9.17) is 27.9 Å². The van der Waals surface area contributed by atoms with Gasteiger partial charge in [-0.2, -0.15) is 0 Å². The van der Waals surface area contributed by atoms with Crippen LogP contribution < -0.4 is 15.9 Å². The summed E-state index contributed by atoms with van der Waals surface area (Å²) in [4.78, 5) is 34.3. The highest BCUT2D eigenvalue weighted by Crippen LogP contribution is 2.31. The molecule has 0 fully saturated rings. The van der Waals surface area contributed by atoms with E-state index in [9.17, 15) is 29.3 Å². The summed E-state index contributed by atoms with van der Waals surface area (Å²) in [6.07, 6.45) is 3.92. The van der Waals surface area contributed by atoms with Crippen molar-refractivity contribution in [1.29, 1.82) is 0 Å². The molecule has 4 heterocycles. The second-order valence-electron chi connectivity index (χ2n) is 9.28. The minimum Gasteiger partial charge on any atom is -0.433 e. The minimum absolute atomic E-state index is 0.0790. The van der Waals surface area contributed by atoms with E-state index >= 15 is 0 Å². The molecule has 0 aliphatic rings. The van der Waals surface area contributed by atoms with Crippen LogP contribution in [0.25, 0.3) is 11.5 Å². The standard InChI is InChI=1S/C26H23Cl2FN4O6.3C2H6/c1-13-11-30-20(32-7-5-6-16(23(32)34)25(3,4)36)10-18(13)33-14(2)8-19(21(28)24(33)35)39-26(37,38)22-17(29)9-15(27)12-31-22;3*1-2/h5-12,36-38H,1-4H3;3*1-2H3. The summed E-state index contributed by atoms with van der Waals surface area (Å²) in [6, 6.07) is 6.65. The van der Waals surface area contributed by atoms with Gasteiger partial charge in [-0.1, -0.05) is 64.7 Å². The number of nitrogens with zero attached hydrogens (tertiary/aromatic N) is 4. The Morgan fingerprint density at radius 1 is 0.889 bits per heavy atom. The van der Waals surface area contributed by atoms with Crippen LogP contribution in [0.1, 0.15) is 77.9 Å². The molecule has 0 saturated heterocycles. The van der Waals surface area contributed by atoms with Crippen LogP contribution in [0, 0.1) is 19.7 Å². The molecule has 4 aromatic heterocycles. The van der Waals surface area contributed by atoms with E-state index in [1.165, 1.54) is 60.5 Å². The third-order valence-electron chi connectivity index (χ3n) is 5.82. The van der Waals surface area contributed by atoms with Gasteiger partial charge in [0.2, 0.25) is 0 Å². The maximum absolute atomic E-state index is 14.2. The number of pyridine rings is 4. The summed E-state index contributed by atoms with van der Waals surface area (Å²) in [5.41, 5.74) is -2.32. The molecule has 0 radical (unpaired) electrons. The molecule has 45 heavy (non-hydrogen) atoms. The molecule has 246 valence electrons. The lowest BCUT2D eigenvalue weighted by Gasteiger charge is -2.24. The quantitative estimate of drug-likeness (QED) is 0.203. The van der Waals surface area contributed by atoms with Gasteiger partial charge in [0.15, 0.2) is 17.3 Å². The number of aryl methyl sites for hydroxylation is 2. The van der Waals surface area contributed by atoms with E-state index < -0.39 is 45.0 Å². The van der Waals surface area contributed by atoms with E-state index in [1.54, 1.807) is 13.0 Å². The molecule has 0 spiro atoms. The lowest BCUT2D eigenvalue weighted by molar-refractivity contribution is -0.308. The number of halogens is 3. The predicted molar refractivity (Wildman–Crippen MR) is 175 cm³/mol. The van der Waals surface area contributed by atoms with Gasteiger partial charge in [0.1, 0.15) is 10.8 Å². The Kier molecular flexibility index (Phi) is 14.6. The molecule has 0 saturated carbocycles. The zero-order chi connectivity index (χ0) is 34.9. The van der Waals surface area contributed by atoms with Crippen molar-refractivity contribution in [2.24, 2.45) is 0 Å². The average Bonchev–Trinajstić information content (AvgIpc) is 2.99. The molecule has 4 rings (SSSR count). The maximum atomic E-state index is 14.2. The van der Waals surface area contributed by atoms with Crippen LogP contribution in [0.5, 0.6) is 5.75 Å². The first-order valence-electron chi connectivity index (χ1n) is 14.4. The minimum atomic E-state index is -3.28. The van der Waals surface area contributed by atoms with Crippen LogP contribution in [0.15, 0.2) is 58.5 Å². The highest BCUT2D eigenvalue weighted by Gasteiger charge is 2.36. The van der Waals surface area contributed by atoms with Crippen molar-refractivity contribution in [3.8, 4) is 17.3 Å². The van der Waals surface area contributed by atoms with Crippen LogP contribution >= 0.6 is 23.2 Å². The summed E-state index contributed by atoms with van der Waals surface area (Å²) < 4.78 is 21.8. The first-order valence-corrected chi connectivity index (χ1v) is 15.2. The van der Waals surface area contributed by atoms with Crippen LogP contribution in [-0.4, -0.2) is 34.4 Å². The summed E-state index contributed by atoms with van der Waals surface area (Å²) >= 11 is 11.9. The first kappa shape index (κ1) is 39.4. The molecule has 13 heteroatoms. The lowest BCUT2D eigenvalue weighted by atomic mass is 10.0. The Morgan fingerprint density at radius 3 is 2.04 bits per heavy atom. The summed E-state index contributed by atoms with van der Waals surface area (Å²) in [5, 5.41) is 30.5. The van der Waals surface area contributed by atoms with Crippen molar-refractivity contribution in [2.45, 2.75) is 80.8 Å². The fourth-order valence-electron chi connectivity index (χ4n) is 3.93. The van der Waals surface area contributed by atoms with Crippen LogP contribution in [-0.2, 0) is 11.6 Å². The smallest absolute Gasteiger partial charge is 0.372 e. The third kappa shape index (κ3) is 8.99. The molecule has 3 N–H and O–H groups in total. The molecular weight excluding hydrogens is 626 g/mol. The highest BCUT2D eigenvalue weighted by molar-refractivity contribution is 6.32. The fraction of sp³-hybridized carbons (Fsp3) is 0.375. The molecule has 0 aliphatic carbocycles. The van der Waals surface area contributed by atoms with Gasteiger partial charge < -0.3 is 20.1 Å². The van der Waals surface area contributed by atoms with Gasteiger partial charge in [0.05, 0.1) is 16.3 Å². The van der Waals surface area contributed by atoms with Gasteiger partial charge in [0, 0.05) is 42.0 Å². The lowest BCUT2D eigenvalue weighted by Crippen LogP contribution is -2.35. The summed E-state index contributed by atoms with van der Waals surface area (Å²) in [6.45, 7) is 18.2. The van der Waals surface area contributed by atoms with Crippen molar-refractivity contribution in [3.05, 3.63) is 108 Å².